The third-order valence-corrected chi connectivity index (χ3v) is 2.51. The third kappa shape index (κ3) is 2.62. The minimum atomic E-state index is -1.09. The zero-order valence-corrected chi connectivity index (χ0v) is 9.36. The van der Waals surface area contributed by atoms with Gasteiger partial charge in [-0.1, -0.05) is 17.7 Å². The molecule has 0 spiro atoms. The highest BCUT2D eigenvalue weighted by Crippen LogP contribution is 2.16. The summed E-state index contributed by atoms with van der Waals surface area (Å²) >= 11 is 5.56. The van der Waals surface area contributed by atoms with Crippen LogP contribution in [0.2, 0.25) is 5.02 Å². The van der Waals surface area contributed by atoms with Crippen LogP contribution in [0.1, 0.15) is 16.1 Å². The van der Waals surface area contributed by atoms with Crippen molar-refractivity contribution in [1.82, 2.24) is 9.55 Å². The van der Waals surface area contributed by atoms with Crippen LogP contribution in [0.4, 0.5) is 4.39 Å². The number of imidazole rings is 1. The van der Waals surface area contributed by atoms with Crippen molar-refractivity contribution in [1.29, 1.82) is 0 Å². The molecule has 88 valence electrons. The van der Waals surface area contributed by atoms with Gasteiger partial charge in [-0.25, -0.2) is 14.2 Å². The van der Waals surface area contributed by atoms with Crippen molar-refractivity contribution in [3.05, 3.63) is 52.8 Å². The summed E-state index contributed by atoms with van der Waals surface area (Å²) in [7, 11) is 0. The third-order valence-electron chi connectivity index (χ3n) is 2.20. The van der Waals surface area contributed by atoms with E-state index >= 15 is 0 Å². The number of carboxylic acid groups (broad SMARTS) is 1. The van der Waals surface area contributed by atoms with E-state index in [1.54, 1.807) is 10.6 Å². The average Bonchev–Trinajstić information content (AvgIpc) is 2.72. The topological polar surface area (TPSA) is 55.1 Å². The number of carboxylic acids is 1. The van der Waals surface area contributed by atoms with Gasteiger partial charge in [0.25, 0.3) is 0 Å². The van der Waals surface area contributed by atoms with E-state index in [0.29, 0.717) is 12.1 Å². The largest absolute Gasteiger partial charge is 0.476 e. The minimum Gasteiger partial charge on any atom is -0.476 e. The highest BCUT2D eigenvalue weighted by atomic mass is 35.5. The second-order valence-corrected chi connectivity index (χ2v) is 3.89. The first-order valence-corrected chi connectivity index (χ1v) is 5.13. The van der Waals surface area contributed by atoms with Crippen LogP contribution >= 0.6 is 11.6 Å². The number of rotatable bonds is 3. The Labute approximate surface area is 101 Å². The molecule has 0 saturated heterocycles. The molecule has 6 heteroatoms. The van der Waals surface area contributed by atoms with Gasteiger partial charge in [-0.2, -0.15) is 0 Å². The molecule has 1 N–H and O–H groups in total. The molecule has 4 nitrogen and oxygen atoms in total. The number of aromatic nitrogens is 2. The summed E-state index contributed by atoms with van der Waals surface area (Å²) in [4.78, 5) is 14.3. The van der Waals surface area contributed by atoms with Crippen LogP contribution < -0.4 is 0 Å². The Morgan fingerprint density at radius 2 is 2.29 bits per heavy atom. The number of nitrogens with zero attached hydrogens (tertiary/aromatic N) is 2. The van der Waals surface area contributed by atoms with Gasteiger partial charge in [-0.05, 0) is 17.7 Å². The molecular weight excluding hydrogens is 247 g/mol. The molecule has 2 rings (SSSR count). The monoisotopic (exact) mass is 254 g/mol. The van der Waals surface area contributed by atoms with E-state index in [1.807, 2.05) is 0 Å². The Bertz CT molecular complexity index is 568. The second-order valence-electron chi connectivity index (χ2n) is 3.48. The lowest BCUT2D eigenvalue weighted by Crippen LogP contribution is -1.98. The van der Waals surface area contributed by atoms with Crippen LogP contribution in [0.15, 0.2) is 30.7 Å². The maximum atomic E-state index is 13.2. The molecule has 0 atom stereocenters. The number of hydrogen-bond acceptors (Lipinski definition) is 2. The van der Waals surface area contributed by atoms with Gasteiger partial charge in [-0.15, -0.1) is 0 Å². The van der Waals surface area contributed by atoms with Crippen molar-refractivity contribution in [2.75, 3.05) is 0 Å². The maximum absolute atomic E-state index is 13.2. The molecule has 0 radical (unpaired) electrons. The molecule has 1 heterocycles. The number of hydrogen-bond donors (Lipinski definition) is 1. The van der Waals surface area contributed by atoms with Crippen LogP contribution in [0.5, 0.6) is 0 Å². The highest BCUT2D eigenvalue weighted by molar-refractivity contribution is 6.30. The van der Waals surface area contributed by atoms with Gasteiger partial charge in [0.15, 0.2) is 5.69 Å². The van der Waals surface area contributed by atoms with Crippen molar-refractivity contribution in [3.8, 4) is 0 Å². The molecular formula is C11H8ClFN2O2. The van der Waals surface area contributed by atoms with Crippen molar-refractivity contribution in [3.63, 3.8) is 0 Å². The van der Waals surface area contributed by atoms with Crippen molar-refractivity contribution >= 4 is 17.6 Å². The zero-order valence-electron chi connectivity index (χ0n) is 8.60. The molecule has 0 aliphatic heterocycles. The second kappa shape index (κ2) is 4.55. The number of benzene rings is 1. The quantitative estimate of drug-likeness (QED) is 0.915. The van der Waals surface area contributed by atoms with Crippen molar-refractivity contribution < 1.29 is 14.3 Å². The fourth-order valence-electron chi connectivity index (χ4n) is 1.41. The molecule has 1 aromatic heterocycles. The maximum Gasteiger partial charge on any atom is 0.356 e. The van der Waals surface area contributed by atoms with E-state index in [2.05, 4.69) is 4.98 Å². The van der Waals surface area contributed by atoms with Crippen molar-refractivity contribution in [2.45, 2.75) is 6.54 Å². The van der Waals surface area contributed by atoms with Gasteiger partial charge in [0.05, 0.1) is 11.3 Å². The normalized spacial score (nSPS) is 10.5. The van der Waals surface area contributed by atoms with Crippen LogP contribution in [0.3, 0.4) is 0 Å². The van der Waals surface area contributed by atoms with E-state index in [0.717, 1.165) is 0 Å². The lowest BCUT2D eigenvalue weighted by atomic mass is 10.2. The van der Waals surface area contributed by atoms with E-state index in [1.165, 1.54) is 24.7 Å². The lowest BCUT2D eigenvalue weighted by Gasteiger charge is -2.03. The molecule has 0 fully saturated rings. The predicted molar refractivity (Wildman–Crippen MR) is 59.7 cm³/mol. The molecule has 2 aromatic rings. The molecule has 0 aliphatic rings. The molecule has 17 heavy (non-hydrogen) atoms. The SMILES string of the molecule is O=C(O)c1cn(Cc2ccc(Cl)c(F)c2)cn1. The fraction of sp³-hybridized carbons (Fsp3) is 0.0909. The molecule has 0 saturated carbocycles. The highest BCUT2D eigenvalue weighted by Gasteiger charge is 2.07. The zero-order chi connectivity index (χ0) is 12.4. The molecule has 1 aromatic carbocycles. The van der Waals surface area contributed by atoms with Crippen LogP contribution in [0, 0.1) is 5.82 Å². The first-order valence-electron chi connectivity index (χ1n) is 4.75. The fourth-order valence-corrected chi connectivity index (χ4v) is 1.52. The van der Waals surface area contributed by atoms with Gasteiger partial charge in [-0.3, -0.25) is 0 Å². The first-order chi connectivity index (χ1) is 8.06. The Morgan fingerprint density at radius 1 is 1.53 bits per heavy atom. The molecule has 0 unspecified atom stereocenters. The summed E-state index contributed by atoms with van der Waals surface area (Å²) in [5, 5.41) is 8.75. The summed E-state index contributed by atoms with van der Waals surface area (Å²) in [5.74, 6) is -1.59. The van der Waals surface area contributed by atoms with Crippen LogP contribution in [-0.2, 0) is 6.54 Å². The molecule has 0 bridgehead atoms. The van der Waals surface area contributed by atoms with Gasteiger partial charge in [0, 0.05) is 12.7 Å². The molecule has 0 amide bonds. The van der Waals surface area contributed by atoms with Crippen molar-refractivity contribution in [2.24, 2.45) is 0 Å². The van der Waals surface area contributed by atoms with E-state index in [4.69, 9.17) is 16.7 Å². The van der Waals surface area contributed by atoms with E-state index in [-0.39, 0.29) is 10.7 Å². The average molecular weight is 255 g/mol. The summed E-state index contributed by atoms with van der Waals surface area (Å²) in [6.45, 7) is 0.342. The van der Waals surface area contributed by atoms with Gasteiger partial charge in [0.1, 0.15) is 5.82 Å². The summed E-state index contributed by atoms with van der Waals surface area (Å²) in [6.07, 6.45) is 2.77. The Hall–Kier alpha value is -1.88. The predicted octanol–water partition coefficient (Wildman–Crippen LogP) is 2.42. The smallest absolute Gasteiger partial charge is 0.356 e. The van der Waals surface area contributed by atoms with E-state index in [9.17, 15) is 9.18 Å². The Balaban J connectivity index is 2.19. The summed E-state index contributed by atoms with van der Waals surface area (Å²) in [6, 6.07) is 4.44. The Morgan fingerprint density at radius 3 is 2.88 bits per heavy atom. The first kappa shape index (κ1) is 11.6. The Kier molecular flexibility index (Phi) is 3.10. The minimum absolute atomic E-state index is 0.0422. The summed E-state index contributed by atoms with van der Waals surface area (Å²) in [5.41, 5.74) is 0.640. The van der Waals surface area contributed by atoms with Gasteiger partial charge >= 0.3 is 5.97 Å². The number of carbonyl (C=O) groups is 1. The summed E-state index contributed by atoms with van der Waals surface area (Å²) < 4.78 is 14.7. The van der Waals surface area contributed by atoms with Gasteiger partial charge < -0.3 is 9.67 Å². The van der Waals surface area contributed by atoms with E-state index < -0.39 is 11.8 Å². The number of aromatic carboxylic acids is 1. The molecule has 0 aliphatic carbocycles. The number of halogens is 2. The standard InChI is InChI=1S/C11H8ClFN2O2/c12-8-2-1-7(3-9(8)13)4-15-5-10(11(16)17)14-6-15/h1-3,5-6H,4H2,(H,16,17). The lowest BCUT2D eigenvalue weighted by molar-refractivity contribution is 0.0691. The van der Waals surface area contributed by atoms with Gasteiger partial charge in [0.2, 0.25) is 0 Å². The van der Waals surface area contributed by atoms with Crippen LogP contribution in [-0.4, -0.2) is 20.6 Å². The van der Waals surface area contributed by atoms with Crippen LogP contribution in [0.25, 0.3) is 0 Å².